The highest BCUT2D eigenvalue weighted by molar-refractivity contribution is 6.01. The zero-order valence-corrected chi connectivity index (χ0v) is 17.1. The molecule has 2 heterocycles. The van der Waals surface area contributed by atoms with E-state index >= 15 is 4.39 Å². The monoisotopic (exact) mass is 436 g/mol. The van der Waals surface area contributed by atoms with Crippen molar-refractivity contribution in [1.82, 2.24) is 9.97 Å². The van der Waals surface area contributed by atoms with Gasteiger partial charge in [-0.2, -0.15) is 0 Å². The molecule has 0 saturated heterocycles. The maximum Gasteiger partial charge on any atom is 0.354 e. The Kier molecular flexibility index (Phi) is 5.44. The third kappa shape index (κ3) is 3.82. The SMILES string of the molecule is CC(C)c1nc(Oc2ccc(C(=O)O)nc2)c2c(F)c(O)ccc2c1-c1ccc(F)cc1. The van der Waals surface area contributed by atoms with Crippen LogP contribution < -0.4 is 4.74 Å². The number of nitrogens with zero attached hydrogens (tertiary/aromatic N) is 2. The number of hydrogen-bond acceptors (Lipinski definition) is 5. The van der Waals surface area contributed by atoms with E-state index in [9.17, 15) is 14.3 Å². The van der Waals surface area contributed by atoms with Crippen molar-refractivity contribution >= 4 is 16.7 Å². The van der Waals surface area contributed by atoms with E-state index < -0.39 is 23.4 Å². The first-order valence-electron chi connectivity index (χ1n) is 9.74. The van der Waals surface area contributed by atoms with Gasteiger partial charge < -0.3 is 14.9 Å². The molecule has 0 aliphatic rings. The minimum Gasteiger partial charge on any atom is -0.505 e. The van der Waals surface area contributed by atoms with E-state index in [1.807, 2.05) is 13.8 Å². The number of phenols is 1. The van der Waals surface area contributed by atoms with Crippen molar-refractivity contribution in [3.63, 3.8) is 0 Å². The molecule has 2 aromatic heterocycles. The smallest absolute Gasteiger partial charge is 0.354 e. The second-order valence-corrected chi connectivity index (χ2v) is 7.45. The summed E-state index contributed by atoms with van der Waals surface area (Å²) < 4.78 is 34.4. The standard InChI is InChI=1S/C24H18F2N2O4/c1-12(2)22-19(13-3-5-14(25)6-4-13)16-8-10-18(29)21(26)20(16)23(28-22)32-15-7-9-17(24(30)31)27-11-15/h3-12,29H,1-2H3,(H,30,31). The fourth-order valence-electron chi connectivity index (χ4n) is 3.43. The van der Waals surface area contributed by atoms with Crippen molar-refractivity contribution in [2.75, 3.05) is 0 Å². The van der Waals surface area contributed by atoms with E-state index in [2.05, 4.69) is 9.97 Å². The molecule has 0 aliphatic heterocycles. The highest BCUT2D eigenvalue weighted by Crippen LogP contribution is 2.42. The van der Waals surface area contributed by atoms with Gasteiger partial charge in [0.1, 0.15) is 17.3 Å². The molecule has 32 heavy (non-hydrogen) atoms. The van der Waals surface area contributed by atoms with E-state index in [4.69, 9.17) is 9.84 Å². The van der Waals surface area contributed by atoms with Gasteiger partial charge in [-0.25, -0.2) is 23.5 Å². The highest BCUT2D eigenvalue weighted by atomic mass is 19.1. The Balaban J connectivity index is 1.97. The summed E-state index contributed by atoms with van der Waals surface area (Å²) in [6.07, 6.45) is 1.20. The molecule has 0 amide bonds. The van der Waals surface area contributed by atoms with Crippen molar-refractivity contribution in [2.24, 2.45) is 0 Å². The second kappa shape index (κ2) is 8.22. The Morgan fingerprint density at radius 2 is 1.75 bits per heavy atom. The molecule has 0 saturated carbocycles. The normalized spacial score (nSPS) is 11.2. The van der Waals surface area contributed by atoms with E-state index in [1.165, 1.54) is 36.5 Å². The predicted octanol–water partition coefficient (Wildman–Crippen LogP) is 5.89. The average Bonchev–Trinajstić information content (AvgIpc) is 2.77. The quantitative estimate of drug-likeness (QED) is 0.405. The van der Waals surface area contributed by atoms with Crippen LogP contribution in [0.15, 0.2) is 54.7 Å². The van der Waals surface area contributed by atoms with Crippen LogP contribution in [0.4, 0.5) is 8.78 Å². The third-order valence-corrected chi connectivity index (χ3v) is 4.93. The lowest BCUT2D eigenvalue weighted by molar-refractivity contribution is 0.0690. The number of benzene rings is 2. The molecule has 8 heteroatoms. The molecule has 162 valence electrons. The van der Waals surface area contributed by atoms with Crippen LogP contribution in [0.3, 0.4) is 0 Å². The Morgan fingerprint density at radius 1 is 1.03 bits per heavy atom. The van der Waals surface area contributed by atoms with Crippen LogP contribution in [0.5, 0.6) is 17.4 Å². The number of aromatic hydroxyl groups is 1. The maximum absolute atomic E-state index is 15.1. The van der Waals surface area contributed by atoms with Gasteiger partial charge in [-0.15, -0.1) is 0 Å². The van der Waals surface area contributed by atoms with Gasteiger partial charge in [-0.05, 0) is 47.9 Å². The van der Waals surface area contributed by atoms with Crippen molar-refractivity contribution in [1.29, 1.82) is 0 Å². The molecule has 4 rings (SSSR count). The van der Waals surface area contributed by atoms with Crippen LogP contribution in [-0.2, 0) is 0 Å². The van der Waals surface area contributed by atoms with Crippen molar-refractivity contribution in [3.8, 4) is 28.5 Å². The molecule has 2 aromatic carbocycles. The number of ether oxygens (including phenoxy) is 1. The van der Waals surface area contributed by atoms with Crippen LogP contribution in [0.25, 0.3) is 21.9 Å². The summed E-state index contributed by atoms with van der Waals surface area (Å²) in [5.41, 5.74) is 1.64. The number of aromatic carboxylic acids is 1. The molecule has 0 atom stereocenters. The number of hydrogen-bond donors (Lipinski definition) is 2. The van der Waals surface area contributed by atoms with Crippen molar-refractivity contribution in [3.05, 3.63) is 77.8 Å². The number of carboxylic acid groups (broad SMARTS) is 1. The van der Waals surface area contributed by atoms with Gasteiger partial charge in [0.2, 0.25) is 5.88 Å². The molecule has 4 aromatic rings. The van der Waals surface area contributed by atoms with Crippen molar-refractivity contribution in [2.45, 2.75) is 19.8 Å². The van der Waals surface area contributed by atoms with E-state index in [1.54, 1.807) is 18.2 Å². The Bertz CT molecular complexity index is 1320. The summed E-state index contributed by atoms with van der Waals surface area (Å²) in [7, 11) is 0. The van der Waals surface area contributed by atoms with Gasteiger partial charge in [0.25, 0.3) is 0 Å². The van der Waals surface area contributed by atoms with Gasteiger partial charge >= 0.3 is 5.97 Å². The summed E-state index contributed by atoms with van der Waals surface area (Å²) in [6, 6.07) is 11.2. The number of aromatic nitrogens is 2. The number of rotatable bonds is 5. The first-order chi connectivity index (χ1) is 15.3. The number of carboxylic acids is 1. The first kappa shape index (κ1) is 21.2. The second-order valence-electron chi connectivity index (χ2n) is 7.45. The fraction of sp³-hybridized carbons (Fsp3) is 0.125. The Labute approximate surface area is 181 Å². The molecule has 0 radical (unpaired) electrons. The zero-order chi connectivity index (χ0) is 23.0. The van der Waals surface area contributed by atoms with Gasteiger partial charge in [0.15, 0.2) is 11.6 Å². The highest BCUT2D eigenvalue weighted by Gasteiger charge is 2.23. The van der Waals surface area contributed by atoms with Crippen LogP contribution in [0.1, 0.15) is 35.9 Å². The lowest BCUT2D eigenvalue weighted by Gasteiger charge is -2.19. The summed E-state index contributed by atoms with van der Waals surface area (Å²) in [4.78, 5) is 19.4. The third-order valence-electron chi connectivity index (χ3n) is 4.93. The molecular formula is C24H18F2N2O4. The molecule has 0 bridgehead atoms. The van der Waals surface area contributed by atoms with Gasteiger partial charge in [0, 0.05) is 10.9 Å². The number of phenolic OH excluding ortho intramolecular Hbond substituents is 1. The minimum atomic E-state index is -1.19. The maximum atomic E-state index is 15.1. The topological polar surface area (TPSA) is 92.5 Å². The largest absolute Gasteiger partial charge is 0.505 e. The lowest BCUT2D eigenvalue weighted by atomic mass is 9.92. The van der Waals surface area contributed by atoms with E-state index in [-0.39, 0.29) is 28.6 Å². The van der Waals surface area contributed by atoms with E-state index in [0.717, 1.165) is 0 Å². The summed E-state index contributed by atoms with van der Waals surface area (Å²) in [6.45, 7) is 3.82. The first-order valence-corrected chi connectivity index (χ1v) is 9.74. The molecule has 0 unspecified atom stereocenters. The molecule has 0 aliphatic carbocycles. The van der Waals surface area contributed by atoms with Gasteiger partial charge in [0.05, 0.1) is 17.3 Å². The van der Waals surface area contributed by atoms with Gasteiger partial charge in [-0.3, -0.25) is 0 Å². The lowest BCUT2D eigenvalue weighted by Crippen LogP contribution is -2.03. The number of pyridine rings is 2. The van der Waals surface area contributed by atoms with Crippen LogP contribution in [0, 0.1) is 11.6 Å². The molecule has 2 N–H and O–H groups in total. The van der Waals surface area contributed by atoms with Gasteiger partial charge in [-0.1, -0.05) is 26.0 Å². The number of carbonyl (C=O) groups is 1. The zero-order valence-electron chi connectivity index (χ0n) is 17.1. The Hall–Kier alpha value is -4.07. The molecular weight excluding hydrogens is 418 g/mol. The predicted molar refractivity (Wildman–Crippen MR) is 114 cm³/mol. The summed E-state index contributed by atoms with van der Waals surface area (Å²) >= 11 is 0. The fourth-order valence-corrected chi connectivity index (χ4v) is 3.43. The van der Waals surface area contributed by atoms with Crippen molar-refractivity contribution < 1.29 is 28.5 Å². The average molecular weight is 436 g/mol. The number of fused-ring (bicyclic) bond motifs is 1. The van der Waals surface area contributed by atoms with Crippen LogP contribution >= 0.6 is 0 Å². The summed E-state index contributed by atoms with van der Waals surface area (Å²) in [5.74, 6) is -3.15. The minimum absolute atomic E-state index is 0.0592. The Morgan fingerprint density at radius 3 is 2.34 bits per heavy atom. The molecule has 6 nitrogen and oxygen atoms in total. The van der Waals surface area contributed by atoms with Crippen LogP contribution in [-0.4, -0.2) is 26.2 Å². The van der Waals surface area contributed by atoms with E-state index in [0.29, 0.717) is 22.2 Å². The molecule has 0 fully saturated rings. The van der Waals surface area contributed by atoms with Crippen LogP contribution in [0.2, 0.25) is 0 Å². The number of halogens is 2. The summed E-state index contributed by atoms with van der Waals surface area (Å²) in [5, 5.41) is 19.4. The molecule has 0 spiro atoms.